The molecule has 0 aliphatic rings. The predicted molar refractivity (Wildman–Crippen MR) is 26.2 cm³/mol. The van der Waals surface area contributed by atoms with E-state index in [4.69, 9.17) is 10.2 Å². The van der Waals surface area contributed by atoms with Crippen LogP contribution in [0.5, 0.6) is 0 Å². The van der Waals surface area contributed by atoms with Crippen molar-refractivity contribution in [2.24, 2.45) is 0 Å². The van der Waals surface area contributed by atoms with Gasteiger partial charge in [-0.1, -0.05) is 6.92 Å². The summed E-state index contributed by atoms with van der Waals surface area (Å²) < 4.78 is 13.1. The molecule has 0 bridgehead atoms. The summed E-state index contributed by atoms with van der Waals surface area (Å²) in [6.07, 6.45) is -0.401. The van der Waals surface area contributed by atoms with Crippen LogP contribution in [0.1, 0.15) is 13.3 Å². The van der Waals surface area contributed by atoms with Crippen LogP contribution in [0.3, 0.4) is 0 Å². The minimum Gasteiger partial charge on any atom is -0.790 e. The van der Waals surface area contributed by atoms with Crippen molar-refractivity contribution < 1.29 is 66.8 Å². The largest absolute Gasteiger partial charge is 1.00 e. The molecule has 0 radical (unpaired) electrons. The van der Waals surface area contributed by atoms with Crippen molar-refractivity contribution in [2.75, 3.05) is 0 Å². The summed E-state index contributed by atoms with van der Waals surface area (Å²) >= 11 is 0. The zero-order chi connectivity index (χ0) is 8.41. The van der Waals surface area contributed by atoms with Crippen LogP contribution in [0.2, 0.25) is 0 Å². The zero-order valence-corrected chi connectivity index (χ0v) is 8.08. The molecule has 0 amide bonds. The van der Waals surface area contributed by atoms with Crippen molar-refractivity contribution >= 4 is 7.82 Å². The van der Waals surface area contributed by atoms with Crippen molar-refractivity contribution in [3.63, 3.8) is 0 Å². The summed E-state index contributed by atoms with van der Waals surface area (Å²) in [7, 11) is -5.30. The van der Waals surface area contributed by atoms with Crippen LogP contribution in [-0.2, 0) is 9.09 Å². The molecule has 9 heteroatoms. The van der Waals surface area contributed by atoms with Gasteiger partial charge in [0.15, 0.2) is 0 Å². The van der Waals surface area contributed by atoms with Gasteiger partial charge in [-0.3, -0.25) is 4.52 Å². The van der Waals surface area contributed by atoms with E-state index in [1.807, 2.05) is 0 Å². The maximum absolute atomic E-state index is 9.74. The van der Waals surface area contributed by atoms with E-state index in [9.17, 15) is 14.4 Å². The normalized spacial score (nSPS) is 11.4. The van der Waals surface area contributed by atoms with Crippen LogP contribution in [0, 0.1) is 0 Å². The number of hydrogen-bond acceptors (Lipinski definition) is 6. The third-order valence-electron chi connectivity index (χ3n) is 0.719. The molecule has 0 heterocycles. The van der Waals surface area contributed by atoms with Gasteiger partial charge in [0.05, 0.1) is 7.82 Å². The summed E-state index contributed by atoms with van der Waals surface area (Å²) in [6.45, 7) is 1.25. The maximum Gasteiger partial charge on any atom is 1.00 e. The SMILES string of the molecule is CCC(O)(O)OP(=O)([O-])[O-].[Li+].[Li+]. The van der Waals surface area contributed by atoms with Gasteiger partial charge < -0.3 is 24.6 Å². The topological polar surface area (TPSA) is 113 Å². The van der Waals surface area contributed by atoms with E-state index in [1.165, 1.54) is 6.92 Å². The van der Waals surface area contributed by atoms with Crippen molar-refractivity contribution in [1.29, 1.82) is 0 Å². The van der Waals surface area contributed by atoms with E-state index in [2.05, 4.69) is 4.52 Å². The monoisotopic (exact) mass is 184 g/mol. The van der Waals surface area contributed by atoms with Crippen molar-refractivity contribution in [1.82, 2.24) is 0 Å². The van der Waals surface area contributed by atoms with E-state index in [1.54, 1.807) is 0 Å². The van der Waals surface area contributed by atoms with Crippen molar-refractivity contribution in [3.05, 3.63) is 0 Å². The number of aliphatic hydroxyl groups is 2. The number of phosphoric ester groups is 1. The molecule has 0 saturated heterocycles. The van der Waals surface area contributed by atoms with Gasteiger partial charge in [0.25, 0.3) is 5.97 Å². The quantitative estimate of drug-likeness (QED) is 0.256. The van der Waals surface area contributed by atoms with E-state index in [-0.39, 0.29) is 37.7 Å². The molecule has 0 aromatic rings. The molecule has 6 nitrogen and oxygen atoms in total. The number of rotatable bonds is 3. The smallest absolute Gasteiger partial charge is 0.790 e. The second-order valence-electron chi connectivity index (χ2n) is 1.64. The Kier molecular flexibility index (Phi) is 10.5. The maximum atomic E-state index is 9.74. The first-order chi connectivity index (χ1) is 4.27. The van der Waals surface area contributed by atoms with Crippen LogP contribution in [0.4, 0.5) is 0 Å². The first-order valence-corrected chi connectivity index (χ1v) is 3.90. The Morgan fingerprint density at radius 2 is 1.75 bits per heavy atom. The van der Waals surface area contributed by atoms with Gasteiger partial charge in [-0.05, 0) is 0 Å². The molecule has 0 rings (SSSR count). The molecule has 0 aromatic heterocycles. The first-order valence-electron chi connectivity index (χ1n) is 2.44. The van der Waals surface area contributed by atoms with Crippen LogP contribution in [-0.4, -0.2) is 16.2 Å². The molecule has 0 aliphatic carbocycles. The molecule has 0 saturated carbocycles. The average Bonchev–Trinajstić information content (AvgIpc) is 1.60. The van der Waals surface area contributed by atoms with E-state index in [0.29, 0.717) is 0 Å². The Balaban J connectivity index is -0.000000405. The average molecular weight is 184 g/mol. The van der Waals surface area contributed by atoms with Gasteiger partial charge in [0.2, 0.25) is 0 Å². The van der Waals surface area contributed by atoms with Gasteiger partial charge in [-0.2, -0.15) is 0 Å². The zero-order valence-electron chi connectivity index (χ0n) is 7.18. The fourth-order valence-corrected chi connectivity index (χ4v) is 0.731. The van der Waals surface area contributed by atoms with Crippen LogP contribution in [0.25, 0.3) is 0 Å². The molecule has 0 aliphatic heterocycles. The van der Waals surface area contributed by atoms with Crippen LogP contribution >= 0.6 is 7.82 Å². The molecule has 0 fully saturated rings. The molecule has 0 unspecified atom stereocenters. The Bertz CT molecular complexity index is 155. The summed E-state index contributed by atoms with van der Waals surface area (Å²) in [5.41, 5.74) is 0. The fourth-order valence-electron chi connectivity index (χ4n) is 0.244. The molecular weight excluding hydrogens is 177 g/mol. The van der Waals surface area contributed by atoms with E-state index in [0.717, 1.165) is 0 Å². The number of phosphoric acid groups is 1. The number of hydrogen-bond donors (Lipinski definition) is 2. The second-order valence-corrected chi connectivity index (χ2v) is 2.71. The van der Waals surface area contributed by atoms with E-state index < -0.39 is 20.2 Å². The first kappa shape index (κ1) is 18.9. The standard InChI is InChI=1S/C3H9O6P.2Li/c1-2-3(4,5)9-10(6,7)8;;/h4-5H,2H2,1H3,(H2,6,7,8);;/q;2*+1/p-2. The van der Waals surface area contributed by atoms with Gasteiger partial charge >= 0.3 is 37.7 Å². The predicted octanol–water partition coefficient (Wildman–Crippen LogP) is -8.11. The van der Waals surface area contributed by atoms with Gasteiger partial charge in [-0.15, -0.1) is 0 Å². The Labute approximate surface area is 93.9 Å². The van der Waals surface area contributed by atoms with Gasteiger partial charge in [0, 0.05) is 6.42 Å². The fraction of sp³-hybridized carbons (Fsp3) is 1.00. The Morgan fingerprint density at radius 1 is 1.42 bits per heavy atom. The molecular formula is C3H7Li2O6P. The van der Waals surface area contributed by atoms with Crippen molar-refractivity contribution in [3.8, 4) is 0 Å². The van der Waals surface area contributed by atoms with Gasteiger partial charge in [-0.25, -0.2) is 0 Å². The minimum atomic E-state index is -5.30. The Hall–Kier alpha value is 1.22. The second kappa shape index (κ2) is 6.65. The van der Waals surface area contributed by atoms with Crippen molar-refractivity contribution in [2.45, 2.75) is 19.3 Å². The minimum absolute atomic E-state index is 0. The van der Waals surface area contributed by atoms with Gasteiger partial charge in [0.1, 0.15) is 0 Å². The van der Waals surface area contributed by atoms with Crippen LogP contribution in [0.15, 0.2) is 0 Å². The van der Waals surface area contributed by atoms with E-state index >= 15 is 0 Å². The summed E-state index contributed by atoms with van der Waals surface area (Å²) in [4.78, 5) is 19.5. The molecule has 62 valence electrons. The molecule has 12 heavy (non-hydrogen) atoms. The molecule has 0 spiro atoms. The van der Waals surface area contributed by atoms with Crippen LogP contribution < -0.4 is 47.5 Å². The summed E-state index contributed by atoms with van der Waals surface area (Å²) in [5.74, 6) is -2.86. The summed E-state index contributed by atoms with van der Waals surface area (Å²) in [5, 5.41) is 16.8. The summed E-state index contributed by atoms with van der Waals surface area (Å²) in [6, 6.07) is 0. The molecule has 0 atom stereocenters. The molecule has 0 aromatic carbocycles. The third kappa shape index (κ3) is 11.2. The Morgan fingerprint density at radius 3 is 1.83 bits per heavy atom. The third-order valence-corrected chi connectivity index (χ3v) is 1.23. The molecule has 2 N–H and O–H groups in total.